The molecule has 0 radical (unpaired) electrons. The van der Waals surface area contributed by atoms with Gasteiger partial charge in [-0.25, -0.2) is 13.1 Å². The van der Waals surface area contributed by atoms with E-state index in [1.54, 1.807) is 17.8 Å². The van der Waals surface area contributed by atoms with Gasteiger partial charge in [0.1, 0.15) is 0 Å². The molecule has 21 heavy (non-hydrogen) atoms. The molecule has 120 valence electrons. The summed E-state index contributed by atoms with van der Waals surface area (Å²) in [6.45, 7) is 0.497. The quantitative estimate of drug-likeness (QED) is 0.623. The van der Waals surface area contributed by atoms with Crippen LogP contribution in [0.1, 0.15) is 6.42 Å². The molecule has 0 aliphatic carbocycles. The van der Waals surface area contributed by atoms with Gasteiger partial charge < -0.3 is 14.6 Å². The van der Waals surface area contributed by atoms with E-state index >= 15 is 0 Å². The number of hydrogen-bond donors (Lipinski definition) is 2. The van der Waals surface area contributed by atoms with Gasteiger partial charge in [-0.2, -0.15) is 11.8 Å². The Hall–Kier alpha value is -0.960. The van der Waals surface area contributed by atoms with E-state index < -0.39 is 10.0 Å². The third-order valence-corrected chi connectivity index (χ3v) is 5.18. The number of rotatable bonds is 10. The summed E-state index contributed by atoms with van der Waals surface area (Å²) in [5.41, 5.74) is 0. The topological polar surface area (TPSA) is 84.9 Å². The normalized spacial score (nSPS) is 11.4. The van der Waals surface area contributed by atoms with Crippen molar-refractivity contribution < 1.29 is 23.0 Å². The first kappa shape index (κ1) is 18.1. The van der Waals surface area contributed by atoms with Gasteiger partial charge in [0.25, 0.3) is 0 Å². The summed E-state index contributed by atoms with van der Waals surface area (Å²) < 4.78 is 37.0. The Balaban J connectivity index is 2.62. The first-order valence-corrected chi connectivity index (χ1v) is 9.09. The van der Waals surface area contributed by atoms with Crippen LogP contribution in [0.5, 0.6) is 11.5 Å². The van der Waals surface area contributed by atoms with Crippen molar-refractivity contribution in [3.8, 4) is 11.5 Å². The van der Waals surface area contributed by atoms with Gasteiger partial charge in [0.15, 0.2) is 11.5 Å². The highest BCUT2D eigenvalue weighted by Crippen LogP contribution is 2.29. The second kappa shape index (κ2) is 9.14. The van der Waals surface area contributed by atoms with Gasteiger partial charge in [-0.3, -0.25) is 0 Å². The lowest BCUT2D eigenvalue weighted by Crippen LogP contribution is -2.26. The van der Waals surface area contributed by atoms with Crippen molar-refractivity contribution in [3.63, 3.8) is 0 Å². The Kier molecular flexibility index (Phi) is 7.87. The Labute approximate surface area is 129 Å². The van der Waals surface area contributed by atoms with E-state index in [2.05, 4.69) is 4.72 Å². The van der Waals surface area contributed by atoms with E-state index in [-0.39, 0.29) is 11.5 Å². The molecule has 0 bridgehead atoms. The summed E-state index contributed by atoms with van der Waals surface area (Å²) in [6.07, 6.45) is 0.715. The number of sulfonamides is 1. The van der Waals surface area contributed by atoms with Crippen molar-refractivity contribution in [1.29, 1.82) is 0 Å². The van der Waals surface area contributed by atoms with Gasteiger partial charge in [0.2, 0.25) is 10.0 Å². The molecule has 1 rings (SSSR count). The maximum Gasteiger partial charge on any atom is 0.240 e. The Morgan fingerprint density at radius 1 is 1.19 bits per heavy atom. The van der Waals surface area contributed by atoms with Crippen molar-refractivity contribution >= 4 is 21.8 Å². The molecule has 0 aliphatic heterocycles. The fourth-order valence-electron chi connectivity index (χ4n) is 1.58. The fourth-order valence-corrected chi connectivity index (χ4v) is 3.54. The summed E-state index contributed by atoms with van der Waals surface area (Å²) in [7, 11) is -0.607. The van der Waals surface area contributed by atoms with E-state index in [1.165, 1.54) is 26.4 Å². The van der Waals surface area contributed by atoms with Crippen LogP contribution in [-0.4, -0.2) is 52.4 Å². The number of aliphatic hydroxyl groups is 1. The molecule has 0 unspecified atom stereocenters. The average molecular weight is 335 g/mol. The van der Waals surface area contributed by atoms with Gasteiger partial charge in [0.05, 0.1) is 19.1 Å². The number of benzene rings is 1. The smallest absolute Gasteiger partial charge is 0.240 e. The molecular formula is C13H21NO5S2. The third kappa shape index (κ3) is 5.74. The second-order valence-corrected chi connectivity index (χ2v) is 7.10. The molecule has 0 amide bonds. The molecule has 0 spiro atoms. The maximum atomic E-state index is 12.1. The Morgan fingerprint density at radius 3 is 2.52 bits per heavy atom. The molecule has 6 nitrogen and oxygen atoms in total. The average Bonchev–Trinajstić information content (AvgIpc) is 2.49. The first-order valence-electron chi connectivity index (χ1n) is 6.45. The number of hydrogen-bond acceptors (Lipinski definition) is 6. The highest BCUT2D eigenvalue weighted by Gasteiger charge is 2.16. The number of thioether (sulfide) groups is 1. The molecule has 0 fully saturated rings. The van der Waals surface area contributed by atoms with Gasteiger partial charge >= 0.3 is 0 Å². The molecule has 0 heterocycles. The number of ether oxygens (including phenoxy) is 2. The van der Waals surface area contributed by atoms with Crippen molar-refractivity contribution in [2.24, 2.45) is 0 Å². The zero-order chi connectivity index (χ0) is 15.7. The van der Waals surface area contributed by atoms with E-state index in [9.17, 15) is 8.42 Å². The minimum atomic E-state index is -3.56. The van der Waals surface area contributed by atoms with Crippen LogP contribution < -0.4 is 14.2 Å². The summed E-state index contributed by atoms with van der Waals surface area (Å²) in [4.78, 5) is 0.139. The molecule has 8 heteroatoms. The first-order chi connectivity index (χ1) is 10.0. The van der Waals surface area contributed by atoms with Gasteiger partial charge in [0, 0.05) is 25.0 Å². The minimum absolute atomic E-state index is 0.139. The van der Waals surface area contributed by atoms with Gasteiger partial charge in [-0.1, -0.05) is 0 Å². The number of aliphatic hydroxyl groups excluding tert-OH is 1. The van der Waals surface area contributed by atoms with E-state index in [1.807, 2.05) is 0 Å². The molecule has 0 saturated heterocycles. The standard InChI is InChI=1S/C13H21NO5S2/c1-18-12-5-4-11(10-13(12)19-2)21(16,17)14-6-9-20-8-3-7-15/h4-5,10,14-15H,3,6-9H2,1-2H3. The SMILES string of the molecule is COc1ccc(S(=O)(=O)NCCSCCCO)cc1OC. The van der Waals surface area contributed by atoms with Crippen molar-refractivity contribution in [3.05, 3.63) is 18.2 Å². The number of nitrogens with one attached hydrogen (secondary N) is 1. The third-order valence-electron chi connectivity index (χ3n) is 2.65. The monoisotopic (exact) mass is 335 g/mol. The summed E-state index contributed by atoms with van der Waals surface area (Å²) >= 11 is 1.60. The second-order valence-electron chi connectivity index (χ2n) is 4.10. The molecule has 0 saturated carbocycles. The van der Waals surface area contributed by atoms with Crippen LogP contribution in [0.25, 0.3) is 0 Å². The fraction of sp³-hybridized carbons (Fsp3) is 0.538. The molecule has 0 aliphatic rings. The Bertz CT molecular complexity index is 533. The summed E-state index contributed by atoms with van der Waals surface area (Å²) in [5, 5.41) is 8.65. The van der Waals surface area contributed by atoms with E-state index in [0.29, 0.717) is 30.2 Å². The lowest BCUT2D eigenvalue weighted by molar-refractivity contribution is 0.296. The molecule has 0 atom stereocenters. The van der Waals surface area contributed by atoms with Crippen molar-refractivity contribution in [2.45, 2.75) is 11.3 Å². The highest BCUT2D eigenvalue weighted by molar-refractivity contribution is 7.99. The highest BCUT2D eigenvalue weighted by atomic mass is 32.2. The Morgan fingerprint density at radius 2 is 1.90 bits per heavy atom. The summed E-state index contributed by atoms with van der Waals surface area (Å²) in [6, 6.07) is 4.46. The molecule has 2 N–H and O–H groups in total. The van der Waals surface area contributed by atoms with Crippen LogP contribution in [0.4, 0.5) is 0 Å². The van der Waals surface area contributed by atoms with E-state index in [0.717, 1.165) is 5.75 Å². The zero-order valence-corrected chi connectivity index (χ0v) is 13.8. The molecule has 1 aromatic rings. The number of methoxy groups -OCH3 is 2. The van der Waals surface area contributed by atoms with Crippen molar-refractivity contribution in [1.82, 2.24) is 4.72 Å². The molecular weight excluding hydrogens is 314 g/mol. The molecule has 0 aromatic heterocycles. The molecule has 1 aromatic carbocycles. The van der Waals surface area contributed by atoms with Crippen LogP contribution >= 0.6 is 11.8 Å². The van der Waals surface area contributed by atoms with Gasteiger partial charge in [-0.15, -0.1) is 0 Å². The predicted molar refractivity (Wildman–Crippen MR) is 83.8 cm³/mol. The largest absolute Gasteiger partial charge is 0.493 e. The van der Waals surface area contributed by atoms with Crippen LogP contribution in [0, 0.1) is 0 Å². The van der Waals surface area contributed by atoms with Crippen molar-refractivity contribution in [2.75, 3.05) is 38.9 Å². The lowest BCUT2D eigenvalue weighted by Gasteiger charge is -2.11. The summed E-state index contributed by atoms with van der Waals surface area (Å²) in [5.74, 6) is 2.33. The van der Waals surface area contributed by atoms with Gasteiger partial charge in [-0.05, 0) is 24.3 Å². The van der Waals surface area contributed by atoms with Crippen LogP contribution in [0.3, 0.4) is 0 Å². The van der Waals surface area contributed by atoms with Crippen LogP contribution in [-0.2, 0) is 10.0 Å². The zero-order valence-electron chi connectivity index (χ0n) is 12.2. The predicted octanol–water partition coefficient (Wildman–Crippen LogP) is 1.10. The van der Waals surface area contributed by atoms with E-state index in [4.69, 9.17) is 14.6 Å². The minimum Gasteiger partial charge on any atom is -0.493 e. The lowest BCUT2D eigenvalue weighted by atomic mass is 10.3. The van der Waals surface area contributed by atoms with Crippen LogP contribution in [0.15, 0.2) is 23.1 Å². The maximum absolute atomic E-state index is 12.1. The van der Waals surface area contributed by atoms with Crippen LogP contribution in [0.2, 0.25) is 0 Å².